The summed E-state index contributed by atoms with van der Waals surface area (Å²) in [5.74, 6) is -1.82. The first-order valence-electron chi connectivity index (χ1n) is 12.8. The normalized spacial score (nSPS) is 12.0. The van der Waals surface area contributed by atoms with Crippen molar-refractivity contribution in [3.63, 3.8) is 0 Å². The Morgan fingerprint density at radius 1 is 0.949 bits per heavy atom. The molecule has 0 aliphatic carbocycles. The molecule has 208 valence electrons. The number of nitrogens with one attached hydrogen (secondary N) is 1. The molecule has 0 aliphatic heterocycles. The van der Waals surface area contributed by atoms with Crippen LogP contribution in [0.25, 0.3) is 0 Å². The number of sulfonamides is 1. The zero-order valence-electron chi connectivity index (χ0n) is 22.0. The van der Waals surface area contributed by atoms with Crippen LogP contribution in [0.1, 0.15) is 38.7 Å². The summed E-state index contributed by atoms with van der Waals surface area (Å²) in [5, 5.41) is 3.27. The highest BCUT2D eigenvalue weighted by molar-refractivity contribution is 7.92. The van der Waals surface area contributed by atoms with Gasteiger partial charge in [-0.1, -0.05) is 80.4 Å². The molecular weight excluding hydrogens is 541 g/mol. The van der Waals surface area contributed by atoms with Crippen molar-refractivity contribution < 1.29 is 22.4 Å². The zero-order chi connectivity index (χ0) is 28.4. The van der Waals surface area contributed by atoms with Crippen molar-refractivity contribution in [1.82, 2.24) is 10.2 Å². The number of rotatable bonds is 13. The van der Waals surface area contributed by atoms with Gasteiger partial charge in [0.1, 0.15) is 18.4 Å². The second kappa shape index (κ2) is 14.1. The number of carbonyl (C=O) groups is 2. The fourth-order valence-electron chi connectivity index (χ4n) is 4.12. The van der Waals surface area contributed by atoms with Gasteiger partial charge in [-0.05, 0) is 48.7 Å². The fraction of sp³-hybridized carbons (Fsp3) is 0.310. The largest absolute Gasteiger partial charge is 0.354 e. The van der Waals surface area contributed by atoms with E-state index in [4.69, 9.17) is 11.6 Å². The van der Waals surface area contributed by atoms with Crippen LogP contribution in [-0.2, 0) is 26.2 Å². The van der Waals surface area contributed by atoms with Gasteiger partial charge in [-0.25, -0.2) is 12.8 Å². The van der Waals surface area contributed by atoms with Gasteiger partial charge < -0.3 is 10.2 Å². The van der Waals surface area contributed by atoms with E-state index in [1.54, 1.807) is 49.4 Å². The van der Waals surface area contributed by atoms with E-state index in [-0.39, 0.29) is 29.5 Å². The van der Waals surface area contributed by atoms with Gasteiger partial charge in [0.2, 0.25) is 11.8 Å². The molecule has 3 aromatic rings. The number of amides is 2. The van der Waals surface area contributed by atoms with Gasteiger partial charge in [0.15, 0.2) is 0 Å². The maximum absolute atomic E-state index is 15.0. The molecule has 2 amide bonds. The highest BCUT2D eigenvalue weighted by Crippen LogP contribution is 2.27. The van der Waals surface area contributed by atoms with E-state index in [9.17, 15) is 22.4 Å². The van der Waals surface area contributed by atoms with Crippen molar-refractivity contribution in [3.8, 4) is 0 Å². The van der Waals surface area contributed by atoms with Crippen LogP contribution < -0.4 is 9.62 Å². The minimum absolute atomic E-state index is 0.0330. The molecule has 10 heteroatoms. The van der Waals surface area contributed by atoms with Crippen molar-refractivity contribution >= 4 is 39.1 Å². The molecule has 7 nitrogen and oxygen atoms in total. The Kier molecular flexibility index (Phi) is 10.9. The number of halogens is 2. The Labute approximate surface area is 234 Å². The SMILES string of the molecule is CCCCNC(=O)C(CC)N(Cc1ccccc1Cl)C(=O)CN(c1ccccc1F)S(=O)(=O)c1ccccc1. The van der Waals surface area contributed by atoms with Crippen LogP contribution in [0.3, 0.4) is 0 Å². The fourth-order valence-corrected chi connectivity index (χ4v) is 5.76. The van der Waals surface area contributed by atoms with Crippen LogP contribution in [0, 0.1) is 5.82 Å². The number of unbranched alkanes of at least 4 members (excludes halogenated alkanes) is 1. The summed E-state index contributed by atoms with van der Waals surface area (Å²) >= 11 is 6.38. The van der Waals surface area contributed by atoms with Crippen LogP contribution in [0.15, 0.2) is 83.8 Å². The lowest BCUT2D eigenvalue weighted by molar-refractivity contribution is -0.140. The number of nitrogens with zero attached hydrogens (tertiary/aromatic N) is 2. The summed E-state index contributed by atoms with van der Waals surface area (Å²) in [4.78, 5) is 28.3. The molecule has 0 spiro atoms. The van der Waals surface area contributed by atoms with Crippen LogP contribution in [0.2, 0.25) is 5.02 Å². The number of anilines is 1. The molecule has 0 aliphatic rings. The van der Waals surface area contributed by atoms with Crippen LogP contribution in [0.5, 0.6) is 0 Å². The Bertz CT molecular complexity index is 1370. The molecule has 0 saturated heterocycles. The van der Waals surface area contributed by atoms with Gasteiger partial charge in [-0.15, -0.1) is 0 Å². The Morgan fingerprint density at radius 3 is 2.23 bits per heavy atom. The monoisotopic (exact) mass is 573 g/mol. The molecular formula is C29H33ClFN3O4S. The topological polar surface area (TPSA) is 86.8 Å². The van der Waals surface area contributed by atoms with Crippen molar-refractivity contribution in [2.24, 2.45) is 0 Å². The van der Waals surface area contributed by atoms with Gasteiger partial charge in [0.05, 0.1) is 10.6 Å². The highest BCUT2D eigenvalue weighted by atomic mass is 35.5. The van der Waals surface area contributed by atoms with Crippen molar-refractivity contribution in [3.05, 3.63) is 95.3 Å². The van der Waals surface area contributed by atoms with E-state index in [1.807, 2.05) is 6.92 Å². The molecule has 3 rings (SSSR count). The number of hydrogen-bond acceptors (Lipinski definition) is 4. The van der Waals surface area contributed by atoms with Crippen molar-refractivity contribution in [1.29, 1.82) is 0 Å². The number of benzene rings is 3. The summed E-state index contributed by atoms with van der Waals surface area (Å²) in [5.41, 5.74) is 0.323. The summed E-state index contributed by atoms with van der Waals surface area (Å²) in [6.45, 7) is 3.47. The molecule has 3 aromatic carbocycles. The number of hydrogen-bond donors (Lipinski definition) is 1. The molecule has 0 saturated carbocycles. The Hall–Kier alpha value is -3.43. The van der Waals surface area contributed by atoms with Gasteiger partial charge in [-0.2, -0.15) is 0 Å². The average Bonchev–Trinajstić information content (AvgIpc) is 2.93. The van der Waals surface area contributed by atoms with E-state index >= 15 is 0 Å². The summed E-state index contributed by atoms with van der Waals surface area (Å²) in [6, 6.07) is 18.9. The van der Waals surface area contributed by atoms with E-state index in [0.717, 1.165) is 23.2 Å². The van der Waals surface area contributed by atoms with E-state index in [2.05, 4.69) is 5.32 Å². The highest BCUT2D eigenvalue weighted by Gasteiger charge is 2.34. The molecule has 39 heavy (non-hydrogen) atoms. The maximum atomic E-state index is 15.0. The molecule has 1 N–H and O–H groups in total. The van der Waals surface area contributed by atoms with Crippen LogP contribution in [0.4, 0.5) is 10.1 Å². The third-order valence-electron chi connectivity index (χ3n) is 6.25. The first-order chi connectivity index (χ1) is 18.7. The first kappa shape index (κ1) is 30.1. The number of para-hydroxylation sites is 1. The lowest BCUT2D eigenvalue weighted by Gasteiger charge is -2.33. The van der Waals surface area contributed by atoms with Crippen molar-refractivity contribution in [2.75, 3.05) is 17.4 Å². The molecule has 1 unspecified atom stereocenters. The molecule has 0 bridgehead atoms. The molecule has 0 aromatic heterocycles. The molecule has 0 radical (unpaired) electrons. The smallest absolute Gasteiger partial charge is 0.264 e. The summed E-state index contributed by atoms with van der Waals surface area (Å²) in [6.07, 6.45) is 1.94. The lowest BCUT2D eigenvalue weighted by Crippen LogP contribution is -2.52. The van der Waals surface area contributed by atoms with E-state index in [1.165, 1.54) is 35.2 Å². The third-order valence-corrected chi connectivity index (χ3v) is 8.39. The van der Waals surface area contributed by atoms with Crippen LogP contribution >= 0.6 is 11.6 Å². The third kappa shape index (κ3) is 7.58. The maximum Gasteiger partial charge on any atom is 0.264 e. The molecule has 0 heterocycles. The average molecular weight is 574 g/mol. The standard InChI is InChI=1S/C29H33ClFN3O4S/c1-3-5-19-32-29(36)26(4-2)33(20-22-13-9-10-16-24(22)30)28(35)21-34(27-18-12-11-17-25(27)31)39(37,38)23-14-7-6-8-15-23/h6-18,26H,3-5,19-21H2,1-2H3,(H,32,36). The van der Waals surface area contributed by atoms with Crippen LogP contribution in [-0.4, -0.2) is 44.3 Å². The van der Waals surface area contributed by atoms with E-state index in [0.29, 0.717) is 17.1 Å². The van der Waals surface area contributed by atoms with Gasteiger partial charge >= 0.3 is 0 Å². The zero-order valence-corrected chi connectivity index (χ0v) is 23.6. The lowest BCUT2D eigenvalue weighted by atomic mass is 10.1. The summed E-state index contributed by atoms with van der Waals surface area (Å²) in [7, 11) is -4.34. The molecule has 0 fully saturated rings. The summed E-state index contributed by atoms with van der Waals surface area (Å²) < 4.78 is 43.1. The minimum atomic E-state index is -4.34. The van der Waals surface area contributed by atoms with Crippen molar-refractivity contribution in [2.45, 2.75) is 50.6 Å². The predicted octanol–water partition coefficient (Wildman–Crippen LogP) is 5.40. The van der Waals surface area contributed by atoms with E-state index < -0.39 is 34.3 Å². The Morgan fingerprint density at radius 2 is 1.59 bits per heavy atom. The second-order valence-corrected chi connectivity index (χ2v) is 11.2. The predicted molar refractivity (Wildman–Crippen MR) is 151 cm³/mol. The minimum Gasteiger partial charge on any atom is -0.354 e. The Balaban J connectivity index is 2.04. The molecule has 1 atom stereocenters. The number of carbonyl (C=O) groups excluding carboxylic acids is 2. The van der Waals surface area contributed by atoms with Gasteiger partial charge in [-0.3, -0.25) is 13.9 Å². The second-order valence-electron chi connectivity index (χ2n) is 8.96. The van der Waals surface area contributed by atoms with Gasteiger partial charge in [0.25, 0.3) is 10.0 Å². The quantitative estimate of drug-likeness (QED) is 0.277. The van der Waals surface area contributed by atoms with Gasteiger partial charge in [0, 0.05) is 18.1 Å². The first-order valence-corrected chi connectivity index (χ1v) is 14.6.